The Labute approximate surface area is 84.9 Å². The fourth-order valence-corrected chi connectivity index (χ4v) is 1.19. The first-order valence-electron chi connectivity index (χ1n) is 4.79. The zero-order valence-electron chi connectivity index (χ0n) is 7.93. The molecule has 12 heavy (non-hydrogen) atoms. The molecule has 0 saturated carbocycles. The maximum atomic E-state index is 3.40. The summed E-state index contributed by atoms with van der Waals surface area (Å²) in [5, 5.41) is 1.11. The molecule has 1 heteroatoms. The van der Waals surface area contributed by atoms with Gasteiger partial charge in [-0.15, -0.1) is 0 Å². The van der Waals surface area contributed by atoms with Gasteiger partial charge in [0.1, 0.15) is 0 Å². The van der Waals surface area contributed by atoms with Crippen molar-refractivity contribution in [3.63, 3.8) is 0 Å². The Morgan fingerprint density at radius 2 is 1.58 bits per heavy atom. The zero-order valence-corrected chi connectivity index (χ0v) is 9.52. The van der Waals surface area contributed by atoms with Crippen LogP contribution in [0, 0.1) is 0 Å². The van der Waals surface area contributed by atoms with Gasteiger partial charge in [0.15, 0.2) is 0 Å². The molecule has 0 aliphatic carbocycles. The molecule has 0 bridgehead atoms. The van der Waals surface area contributed by atoms with Crippen LogP contribution in [0.4, 0.5) is 0 Å². The summed E-state index contributed by atoms with van der Waals surface area (Å²) < 4.78 is 0. The third-order valence-electron chi connectivity index (χ3n) is 1.61. The summed E-state index contributed by atoms with van der Waals surface area (Å²) in [6, 6.07) is 0. The average Bonchev–Trinajstić information content (AvgIpc) is 2.10. The van der Waals surface area contributed by atoms with E-state index in [0.717, 1.165) is 5.33 Å². The average molecular weight is 231 g/mol. The van der Waals surface area contributed by atoms with Crippen LogP contribution in [0.25, 0.3) is 0 Å². The molecule has 0 aliphatic heterocycles. The molecule has 70 valence electrons. The van der Waals surface area contributed by atoms with Gasteiger partial charge in [-0.3, -0.25) is 0 Å². The van der Waals surface area contributed by atoms with Crippen molar-refractivity contribution in [2.24, 2.45) is 0 Å². The van der Waals surface area contributed by atoms with E-state index >= 15 is 0 Å². The molecular formula is C11H19Br. The molecule has 0 rings (SSSR count). The lowest BCUT2D eigenvalue weighted by atomic mass is 10.2. The van der Waals surface area contributed by atoms with Gasteiger partial charge in [0, 0.05) is 5.33 Å². The summed E-state index contributed by atoms with van der Waals surface area (Å²) in [6.45, 7) is 2.22. The Morgan fingerprint density at radius 1 is 1.00 bits per heavy atom. The van der Waals surface area contributed by atoms with Crippen molar-refractivity contribution in [1.82, 2.24) is 0 Å². The highest BCUT2D eigenvalue weighted by atomic mass is 79.9. The van der Waals surface area contributed by atoms with Crippen LogP contribution >= 0.6 is 15.9 Å². The lowest BCUT2D eigenvalue weighted by Gasteiger charge is -1.86. The predicted octanol–water partition coefficient (Wildman–Crippen LogP) is 4.46. The lowest BCUT2D eigenvalue weighted by molar-refractivity contribution is 0.815. The molecule has 0 aliphatic rings. The molecule has 0 amide bonds. The van der Waals surface area contributed by atoms with Crippen LogP contribution in [0.15, 0.2) is 24.3 Å². The lowest BCUT2D eigenvalue weighted by Crippen LogP contribution is -1.69. The number of rotatable bonds is 7. The van der Waals surface area contributed by atoms with E-state index in [1.807, 2.05) is 0 Å². The molecular weight excluding hydrogens is 212 g/mol. The van der Waals surface area contributed by atoms with E-state index in [-0.39, 0.29) is 0 Å². The number of alkyl halides is 1. The van der Waals surface area contributed by atoms with Gasteiger partial charge in [0.25, 0.3) is 0 Å². The SMILES string of the molecule is CCCC/C=C\C=C/CCCBr. The molecule has 0 unspecified atom stereocenters. The summed E-state index contributed by atoms with van der Waals surface area (Å²) >= 11 is 3.40. The standard InChI is InChI=1S/C11H19Br/c1-2-3-4-5-6-7-8-9-10-11-12/h5-8H,2-4,9-11H2,1H3/b6-5-,8-7-. The zero-order chi connectivity index (χ0) is 9.07. The fourth-order valence-electron chi connectivity index (χ4n) is 0.867. The first-order valence-corrected chi connectivity index (χ1v) is 5.91. The van der Waals surface area contributed by atoms with Gasteiger partial charge in [0.05, 0.1) is 0 Å². The summed E-state index contributed by atoms with van der Waals surface area (Å²) in [5.74, 6) is 0. The topological polar surface area (TPSA) is 0 Å². The highest BCUT2D eigenvalue weighted by Crippen LogP contribution is 1.97. The van der Waals surface area contributed by atoms with Gasteiger partial charge in [-0.1, -0.05) is 60.0 Å². The van der Waals surface area contributed by atoms with Crippen molar-refractivity contribution in [2.45, 2.75) is 39.0 Å². The molecule has 0 aromatic rings. The second kappa shape index (κ2) is 11.0. The number of hydrogen-bond donors (Lipinski definition) is 0. The number of allylic oxidation sites excluding steroid dienone is 4. The molecule has 0 nitrogen and oxygen atoms in total. The summed E-state index contributed by atoms with van der Waals surface area (Å²) in [6.07, 6.45) is 15.0. The van der Waals surface area contributed by atoms with E-state index in [1.54, 1.807) is 0 Å². The largest absolute Gasteiger partial charge is 0.0928 e. The molecule has 0 aromatic carbocycles. The van der Waals surface area contributed by atoms with E-state index in [2.05, 4.69) is 47.2 Å². The van der Waals surface area contributed by atoms with Crippen LogP contribution in [0.1, 0.15) is 39.0 Å². The van der Waals surface area contributed by atoms with Crippen molar-refractivity contribution < 1.29 is 0 Å². The maximum Gasteiger partial charge on any atom is 0.00342 e. The molecule has 0 atom stereocenters. The van der Waals surface area contributed by atoms with Crippen LogP contribution in [-0.4, -0.2) is 5.33 Å². The smallest absolute Gasteiger partial charge is 0.00342 e. The van der Waals surface area contributed by atoms with E-state index in [0.29, 0.717) is 0 Å². The van der Waals surface area contributed by atoms with Gasteiger partial charge < -0.3 is 0 Å². The van der Waals surface area contributed by atoms with Gasteiger partial charge in [-0.25, -0.2) is 0 Å². The van der Waals surface area contributed by atoms with E-state index in [9.17, 15) is 0 Å². The molecule has 0 spiro atoms. The second-order valence-corrected chi connectivity index (χ2v) is 3.62. The van der Waals surface area contributed by atoms with Crippen LogP contribution in [-0.2, 0) is 0 Å². The van der Waals surface area contributed by atoms with Gasteiger partial charge >= 0.3 is 0 Å². The Bertz CT molecular complexity index is 109. The van der Waals surface area contributed by atoms with E-state index in [1.165, 1.54) is 32.1 Å². The molecule has 0 fully saturated rings. The molecule has 0 radical (unpaired) electrons. The number of unbranched alkanes of at least 4 members (excludes halogenated alkanes) is 3. The van der Waals surface area contributed by atoms with Crippen molar-refractivity contribution >= 4 is 15.9 Å². The first kappa shape index (κ1) is 12.0. The second-order valence-electron chi connectivity index (χ2n) is 2.83. The van der Waals surface area contributed by atoms with Gasteiger partial charge in [-0.05, 0) is 19.3 Å². The van der Waals surface area contributed by atoms with Crippen molar-refractivity contribution in [3.8, 4) is 0 Å². The van der Waals surface area contributed by atoms with E-state index < -0.39 is 0 Å². The fraction of sp³-hybridized carbons (Fsp3) is 0.636. The van der Waals surface area contributed by atoms with Crippen LogP contribution < -0.4 is 0 Å². The quantitative estimate of drug-likeness (QED) is 0.344. The van der Waals surface area contributed by atoms with E-state index in [4.69, 9.17) is 0 Å². The minimum absolute atomic E-state index is 1.11. The highest BCUT2D eigenvalue weighted by molar-refractivity contribution is 9.09. The normalized spacial score (nSPS) is 11.8. The van der Waals surface area contributed by atoms with Crippen molar-refractivity contribution in [3.05, 3.63) is 24.3 Å². The van der Waals surface area contributed by atoms with Gasteiger partial charge in [-0.2, -0.15) is 0 Å². The molecule has 0 saturated heterocycles. The van der Waals surface area contributed by atoms with Crippen LogP contribution in [0.5, 0.6) is 0 Å². The number of halogens is 1. The van der Waals surface area contributed by atoms with Crippen molar-refractivity contribution in [2.75, 3.05) is 5.33 Å². The molecule has 0 N–H and O–H groups in total. The molecule has 0 aromatic heterocycles. The van der Waals surface area contributed by atoms with Crippen molar-refractivity contribution in [1.29, 1.82) is 0 Å². The Kier molecular flexibility index (Phi) is 10.9. The maximum absolute atomic E-state index is 3.40. The highest BCUT2D eigenvalue weighted by Gasteiger charge is 1.77. The molecule has 0 heterocycles. The summed E-state index contributed by atoms with van der Waals surface area (Å²) in [4.78, 5) is 0. The van der Waals surface area contributed by atoms with Gasteiger partial charge in [0.2, 0.25) is 0 Å². The Morgan fingerprint density at radius 3 is 2.08 bits per heavy atom. The summed E-state index contributed by atoms with van der Waals surface area (Å²) in [5.41, 5.74) is 0. The third kappa shape index (κ3) is 9.96. The van der Waals surface area contributed by atoms with Crippen LogP contribution in [0.2, 0.25) is 0 Å². The monoisotopic (exact) mass is 230 g/mol. The Balaban J connectivity index is 3.15. The summed E-state index contributed by atoms with van der Waals surface area (Å²) in [7, 11) is 0. The van der Waals surface area contributed by atoms with Crippen LogP contribution in [0.3, 0.4) is 0 Å². The first-order chi connectivity index (χ1) is 5.91. The third-order valence-corrected chi connectivity index (χ3v) is 2.17. The minimum atomic E-state index is 1.11. The Hall–Kier alpha value is -0.0400. The minimum Gasteiger partial charge on any atom is -0.0928 e. The predicted molar refractivity (Wildman–Crippen MR) is 60.8 cm³/mol. The number of hydrogen-bond acceptors (Lipinski definition) is 0.